The number of unbranched alkanes of at least 4 members (excludes halogenated alkanes) is 2. The monoisotopic (exact) mass is 312 g/mol. The van der Waals surface area contributed by atoms with Crippen molar-refractivity contribution in [2.75, 3.05) is 13.2 Å². The summed E-state index contributed by atoms with van der Waals surface area (Å²) in [6.07, 6.45) is 8.67. The topological polar surface area (TPSA) is 35.5 Å². The quantitative estimate of drug-likeness (QED) is 0.388. The number of hydrogen-bond acceptors (Lipinski definition) is 3. The van der Waals surface area contributed by atoms with Gasteiger partial charge in [0.2, 0.25) is 0 Å². The molecular formula is C17H36MgO3. The van der Waals surface area contributed by atoms with Crippen LogP contribution in [0.15, 0.2) is 0 Å². The predicted molar refractivity (Wildman–Crippen MR) is 92.5 cm³/mol. The third kappa shape index (κ3) is 13.4. The van der Waals surface area contributed by atoms with Crippen LogP contribution in [0.5, 0.6) is 0 Å². The maximum Gasteiger partial charge on any atom is 0.508 e. The smallest absolute Gasteiger partial charge is 0.434 e. The molecule has 0 aromatic carbocycles. The molecule has 3 nitrogen and oxygen atoms in total. The van der Waals surface area contributed by atoms with Gasteiger partial charge >= 0.3 is 29.2 Å². The number of ether oxygens (including phenoxy) is 2. The summed E-state index contributed by atoms with van der Waals surface area (Å²) in [7, 11) is 0. The first-order chi connectivity index (χ1) is 9.67. The van der Waals surface area contributed by atoms with E-state index in [1.54, 1.807) is 0 Å². The zero-order valence-electron chi connectivity index (χ0n) is 14.0. The van der Waals surface area contributed by atoms with Crippen molar-refractivity contribution in [1.82, 2.24) is 0 Å². The van der Waals surface area contributed by atoms with E-state index in [1.807, 2.05) is 0 Å². The molecular weight excluding hydrogens is 276 g/mol. The van der Waals surface area contributed by atoms with Gasteiger partial charge in [-0.05, 0) is 24.7 Å². The molecule has 0 saturated heterocycles. The molecule has 0 bridgehead atoms. The van der Waals surface area contributed by atoms with E-state index >= 15 is 0 Å². The van der Waals surface area contributed by atoms with Gasteiger partial charge in [0.25, 0.3) is 0 Å². The summed E-state index contributed by atoms with van der Waals surface area (Å²) in [4.78, 5) is 11.6. The minimum Gasteiger partial charge on any atom is -0.434 e. The van der Waals surface area contributed by atoms with Crippen LogP contribution in [0.3, 0.4) is 0 Å². The predicted octanol–water partition coefficient (Wildman–Crippen LogP) is 4.66. The van der Waals surface area contributed by atoms with Crippen LogP contribution in [0.25, 0.3) is 0 Å². The van der Waals surface area contributed by atoms with Crippen LogP contribution >= 0.6 is 0 Å². The lowest BCUT2D eigenvalue weighted by molar-refractivity contribution is 0.0316. The standard InChI is InChI=1S/C17H34O3.Mg.2H/c1-5-9-11-15(7-3)13-19-17(18)20-14-16(8-4)12-10-6-2;;;/h15-16H,5-14H2,1-4H3;;;. The average Bonchev–Trinajstić information content (AvgIpc) is 2.47. The molecule has 0 spiro atoms. The highest BCUT2D eigenvalue weighted by Gasteiger charge is 2.13. The molecule has 0 radical (unpaired) electrons. The van der Waals surface area contributed by atoms with Gasteiger partial charge in [-0.1, -0.05) is 66.2 Å². The molecule has 0 saturated carbocycles. The van der Waals surface area contributed by atoms with Gasteiger partial charge in [0.1, 0.15) is 0 Å². The van der Waals surface area contributed by atoms with Crippen molar-refractivity contribution in [3.63, 3.8) is 0 Å². The van der Waals surface area contributed by atoms with Crippen LogP contribution in [0.4, 0.5) is 4.79 Å². The van der Waals surface area contributed by atoms with E-state index in [0.29, 0.717) is 25.0 Å². The van der Waals surface area contributed by atoms with Gasteiger partial charge in [-0.2, -0.15) is 0 Å². The third-order valence-corrected chi connectivity index (χ3v) is 3.96. The van der Waals surface area contributed by atoms with Gasteiger partial charge in [-0.25, -0.2) is 4.79 Å². The zero-order valence-corrected chi connectivity index (χ0v) is 14.0. The molecule has 0 heterocycles. The van der Waals surface area contributed by atoms with E-state index in [2.05, 4.69) is 27.7 Å². The van der Waals surface area contributed by atoms with E-state index in [9.17, 15) is 4.79 Å². The normalized spacial score (nSPS) is 13.1. The SMILES string of the molecule is CCCCC(CC)COC(=O)OCC(CC)CCCC.[MgH2]. The molecule has 0 amide bonds. The molecule has 0 aromatic rings. The minimum atomic E-state index is -0.491. The third-order valence-electron chi connectivity index (χ3n) is 3.96. The summed E-state index contributed by atoms with van der Waals surface area (Å²) in [5.74, 6) is 0.953. The van der Waals surface area contributed by atoms with E-state index in [1.165, 1.54) is 25.7 Å². The highest BCUT2D eigenvalue weighted by molar-refractivity contribution is 5.75. The second-order valence-corrected chi connectivity index (χ2v) is 5.71. The molecule has 0 aromatic heterocycles. The first-order valence-corrected chi connectivity index (χ1v) is 8.47. The molecule has 4 heteroatoms. The zero-order chi connectivity index (χ0) is 15.2. The summed E-state index contributed by atoms with van der Waals surface area (Å²) >= 11 is 0. The minimum absolute atomic E-state index is 0. The Morgan fingerprint density at radius 2 is 1.19 bits per heavy atom. The molecule has 21 heavy (non-hydrogen) atoms. The Hall–Kier alpha value is 0.0362. The van der Waals surface area contributed by atoms with Gasteiger partial charge in [-0.3, -0.25) is 0 Å². The second kappa shape index (κ2) is 16.4. The first kappa shape index (κ1) is 23.3. The van der Waals surface area contributed by atoms with Gasteiger partial charge in [-0.15, -0.1) is 0 Å². The Morgan fingerprint density at radius 1 is 0.810 bits per heavy atom. The maximum absolute atomic E-state index is 11.6. The Balaban J connectivity index is 0. The van der Waals surface area contributed by atoms with E-state index in [-0.39, 0.29) is 23.1 Å². The van der Waals surface area contributed by atoms with Crippen molar-refractivity contribution in [3.05, 3.63) is 0 Å². The average molecular weight is 313 g/mol. The Bertz CT molecular complexity index is 212. The Labute approximate surface area is 147 Å². The number of rotatable bonds is 12. The number of carbonyl (C=O) groups excluding carboxylic acids is 1. The van der Waals surface area contributed by atoms with E-state index in [4.69, 9.17) is 9.47 Å². The molecule has 124 valence electrons. The summed E-state index contributed by atoms with van der Waals surface area (Å²) in [5.41, 5.74) is 0. The first-order valence-electron chi connectivity index (χ1n) is 8.47. The van der Waals surface area contributed by atoms with Crippen molar-refractivity contribution >= 4 is 29.2 Å². The van der Waals surface area contributed by atoms with Crippen molar-refractivity contribution in [2.24, 2.45) is 11.8 Å². The fourth-order valence-corrected chi connectivity index (χ4v) is 2.21. The van der Waals surface area contributed by atoms with Crippen molar-refractivity contribution in [2.45, 2.75) is 79.1 Å². The Morgan fingerprint density at radius 3 is 1.48 bits per heavy atom. The van der Waals surface area contributed by atoms with Crippen LogP contribution in [-0.4, -0.2) is 42.4 Å². The summed E-state index contributed by atoms with van der Waals surface area (Å²) in [5, 5.41) is 0. The lowest BCUT2D eigenvalue weighted by Crippen LogP contribution is -2.18. The fourth-order valence-electron chi connectivity index (χ4n) is 2.21. The van der Waals surface area contributed by atoms with Crippen molar-refractivity contribution in [1.29, 1.82) is 0 Å². The van der Waals surface area contributed by atoms with Crippen LogP contribution in [0, 0.1) is 11.8 Å². The summed E-state index contributed by atoms with van der Waals surface area (Å²) < 4.78 is 10.5. The number of hydrogen-bond donors (Lipinski definition) is 0. The molecule has 0 rings (SSSR count). The molecule has 0 fully saturated rings. The van der Waals surface area contributed by atoms with Crippen molar-refractivity contribution in [3.8, 4) is 0 Å². The van der Waals surface area contributed by atoms with Crippen LogP contribution in [0.1, 0.15) is 79.1 Å². The molecule has 0 aliphatic rings. The molecule has 0 aliphatic carbocycles. The summed E-state index contributed by atoms with van der Waals surface area (Å²) in [6, 6.07) is 0. The molecule has 2 unspecified atom stereocenters. The van der Waals surface area contributed by atoms with E-state index in [0.717, 1.165) is 25.7 Å². The van der Waals surface area contributed by atoms with Crippen molar-refractivity contribution < 1.29 is 14.3 Å². The maximum atomic E-state index is 11.6. The van der Waals surface area contributed by atoms with Gasteiger partial charge < -0.3 is 9.47 Å². The second-order valence-electron chi connectivity index (χ2n) is 5.71. The largest absolute Gasteiger partial charge is 0.508 e. The van der Waals surface area contributed by atoms with Crippen LogP contribution < -0.4 is 0 Å². The molecule has 0 aliphatic heterocycles. The van der Waals surface area contributed by atoms with Gasteiger partial charge in [0.05, 0.1) is 13.2 Å². The van der Waals surface area contributed by atoms with E-state index < -0.39 is 6.16 Å². The van der Waals surface area contributed by atoms with Gasteiger partial charge in [0.15, 0.2) is 0 Å². The van der Waals surface area contributed by atoms with Crippen LogP contribution in [0.2, 0.25) is 0 Å². The Kier molecular flexibility index (Phi) is 18.2. The van der Waals surface area contributed by atoms with Gasteiger partial charge in [0, 0.05) is 0 Å². The highest BCUT2D eigenvalue weighted by Crippen LogP contribution is 2.15. The summed E-state index contributed by atoms with van der Waals surface area (Å²) in [6.45, 7) is 9.66. The lowest BCUT2D eigenvalue weighted by Gasteiger charge is -2.17. The lowest BCUT2D eigenvalue weighted by atomic mass is 10.0. The fraction of sp³-hybridized carbons (Fsp3) is 0.941. The molecule has 0 N–H and O–H groups in total. The number of carbonyl (C=O) groups is 1. The highest BCUT2D eigenvalue weighted by atomic mass is 24.3. The van der Waals surface area contributed by atoms with Crippen LogP contribution in [-0.2, 0) is 9.47 Å². The molecule has 2 atom stereocenters.